The zero-order valence-electron chi connectivity index (χ0n) is 18.2. The Morgan fingerprint density at radius 2 is 1.76 bits per heavy atom. The van der Waals surface area contributed by atoms with Crippen LogP contribution >= 0.6 is 11.3 Å². The zero-order valence-corrected chi connectivity index (χ0v) is 19.9. The number of rotatable bonds is 8. The summed E-state index contributed by atoms with van der Waals surface area (Å²) >= 11 is 1.34. The number of anilines is 1. The van der Waals surface area contributed by atoms with Crippen molar-refractivity contribution in [2.24, 2.45) is 0 Å². The first-order chi connectivity index (χ1) is 15.9. The molecule has 1 aromatic heterocycles. The molecule has 1 N–H and O–H groups in total. The Hall–Kier alpha value is -2.82. The fourth-order valence-corrected chi connectivity index (χ4v) is 6.08. The first-order valence-corrected chi connectivity index (χ1v) is 13.1. The van der Waals surface area contributed by atoms with Gasteiger partial charge in [0.2, 0.25) is 10.0 Å². The molecule has 10 heteroatoms. The average Bonchev–Trinajstić information content (AvgIpc) is 3.25. The van der Waals surface area contributed by atoms with Crippen LogP contribution in [0.3, 0.4) is 0 Å². The molecule has 0 unspecified atom stereocenters. The summed E-state index contributed by atoms with van der Waals surface area (Å²) in [5.74, 6) is -0.563. The van der Waals surface area contributed by atoms with E-state index in [1.807, 2.05) is 0 Å². The summed E-state index contributed by atoms with van der Waals surface area (Å²) in [4.78, 5) is 29.2. The van der Waals surface area contributed by atoms with Gasteiger partial charge < -0.3 is 10.1 Å². The van der Waals surface area contributed by atoms with Crippen LogP contribution in [0.4, 0.5) is 5.13 Å². The summed E-state index contributed by atoms with van der Waals surface area (Å²) in [5, 5.41) is 3.58. The van der Waals surface area contributed by atoms with E-state index in [4.69, 9.17) is 4.74 Å². The Bertz CT molecular complexity index is 1260. The van der Waals surface area contributed by atoms with Gasteiger partial charge in [0, 0.05) is 18.7 Å². The Kier molecular flexibility index (Phi) is 7.06. The molecule has 33 heavy (non-hydrogen) atoms. The zero-order chi connectivity index (χ0) is 23.4. The predicted octanol–water partition coefficient (Wildman–Crippen LogP) is 3.94. The monoisotopic (exact) mass is 487 g/mol. The molecule has 0 aliphatic carbocycles. The normalized spacial score (nSPS) is 14.8. The average molecular weight is 488 g/mol. The standard InChI is InChI=1S/C23H25N3O5S2/c1-2-31-22(28)17-8-11-19-21(14-17)32-23(25-19)24-15-20(27)16-6-9-18(10-7-16)33(29,30)26-12-4-3-5-13-26/h6-11,14H,2-5,12-13,15H2,1H3,(H,24,25). The van der Waals surface area contributed by atoms with Crippen LogP contribution in [0.2, 0.25) is 0 Å². The summed E-state index contributed by atoms with van der Waals surface area (Å²) in [7, 11) is -3.52. The molecule has 174 valence electrons. The summed E-state index contributed by atoms with van der Waals surface area (Å²) in [6.07, 6.45) is 2.79. The van der Waals surface area contributed by atoms with Gasteiger partial charge in [-0.25, -0.2) is 18.2 Å². The van der Waals surface area contributed by atoms with Crippen molar-refractivity contribution in [3.05, 3.63) is 53.6 Å². The first-order valence-electron chi connectivity index (χ1n) is 10.8. The van der Waals surface area contributed by atoms with E-state index >= 15 is 0 Å². The van der Waals surface area contributed by atoms with E-state index in [-0.39, 0.29) is 23.2 Å². The molecule has 2 aromatic carbocycles. The molecule has 1 aliphatic heterocycles. The van der Waals surface area contributed by atoms with E-state index in [1.165, 1.54) is 27.8 Å². The van der Waals surface area contributed by atoms with Gasteiger partial charge in [-0.3, -0.25) is 4.79 Å². The SMILES string of the molecule is CCOC(=O)c1ccc2nc(NCC(=O)c3ccc(S(=O)(=O)N4CCCCC4)cc3)sc2c1. The maximum absolute atomic E-state index is 12.8. The number of Topliss-reactive ketones (excluding diaryl/α,β-unsaturated/α-hetero) is 1. The molecule has 4 rings (SSSR count). The summed E-state index contributed by atoms with van der Waals surface area (Å²) < 4.78 is 32.9. The minimum absolute atomic E-state index is 0.0166. The number of nitrogens with zero attached hydrogens (tertiary/aromatic N) is 2. The van der Waals surface area contributed by atoms with Gasteiger partial charge in [0.25, 0.3) is 0 Å². The van der Waals surface area contributed by atoms with Crippen molar-refractivity contribution in [1.29, 1.82) is 0 Å². The van der Waals surface area contributed by atoms with Crippen LogP contribution in [0.25, 0.3) is 10.2 Å². The number of benzene rings is 2. The van der Waals surface area contributed by atoms with E-state index in [0.29, 0.717) is 36.0 Å². The van der Waals surface area contributed by atoms with E-state index < -0.39 is 10.0 Å². The minimum Gasteiger partial charge on any atom is -0.462 e. The molecule has 1 saturated heterocycles. The molecule has 2 heterocycles. The minimum atomic E-state index is -3.52. The Morgan fingerprint density at radius 1 is 1.06 bits per heavy atom. The molecular weight excluding hydrogens is 462 g/mol. The molecule has 0 saturated carbocycles. The predicted molar refractivity (Wildman–Crippen MR) is 127 cm³/mol. The maximum atomic E-state index is 12.8. The largest absolute Gasteiger partial charge is 0.462 e. The number of sulfonamides is 1. The van der Waals surface area contributed by atoms with E-state index in [1.54, 1.807) is 37.3 Å². The highest BCUT2D eigenvalue weighted by molar-refractivity contribution is 7.89. The van der Waals surface area contributed by atoms with Gasteiger partial charge in [0.15, 0.2) is 10.9 Å². The van der Waals surface area contributed by atoms with Gasteiger partial charge in [0.05, 0.1) is 33.8 Å². The van der Waals surface area contributed by atoms with Crippen LogP contribution in [0.15, 0.2) is 47.4 Å². The van der Waals surface area contributed by atoms with Crippen molar-refractivity contribution in [2.75, 3.05) is 31.6 Å². The summed E-state index contributed by atoms with van der Waals surface area (Å²) in [6.45, 7) is 3.15. The number of ether oxygens (including phenoxy) is 1. The number of ketones is 1. The van der Waals surface area contributed by atoms with Crippen LogP contribution in [0.1, 0.15) is 46.9 Å². The number of thiazole rings is 1. The number of aromatic nitrogens is 1. The van der Waals surface area contributed by atoms with Crippen LogP contribution in [-0.4, -0.2) is 55.7 Å². The molecule has 8 nitrogen and oxygen atoms in total. The first kappa shape index (κ1) is 23.3. The number of carbonyl (C=O) groups excluding carboxylic acids is 2. The highest BCUT2D eigenvalue weighted by Gasteiger charge is 2.26. The summed E-state index contributed by atoms with van der Waals surface area (Å²) in [6, 6.07) is 11.2. The third kappa shape index (κ3) is 5.23. The highest BCUT2D eigenvalue weighted by atomic mass is 32.2. The third-order valence-electron chi connectivity index (χ3n) is 5.43. The Balaban J connectivity index is 1.40. The second kappa shape index (κ2) is 9.98. The number of hydrogen-bond acceptors (Lipinski definition) is 8. The second-order valence-corrected chi connectivity index (χ2v) is 10.7. The molecule has 0 radical (unpaired) electrons. The number of carbonyl (C=O) groups is 2. The van der Waals surface area contributed by atoms with E-state index in [0.717, 1.165) is 29.5 Å². The molecule has 1 aliphatic rings. The maximum Gasteiger partial charge on any atom is 0.338 e. The molecular formula is C23H25N3O5S2. The lowest BCUT2D eigenvalue weighted by Crippen LogP contribution is -2.35. The fourth-order valence-electron chi connectivity index (χ4n) is 3.67. The van der Waals surface area contributed by atoms with Gasteiger partial charge >= 0.3 is 5.97 Å². The number of esters is 1. The van der Waals surface area contributed by atoms with Gasteiger partial charge in [-0.1, -0.05) is 17.8 Å². The number of fused-ring (bicyclic) bond motifs is 1. The third-order valence-corrected chi connectivity index (χ3v) is 8.32. The summed E-state index contributed by atoms with van der Waals surface area (Å²) in [5.41, 5.74) is 1.59. The molecule has 1 fully saturated rings. The van der Waals surface area contributed by atoms with Gasteiger partial charge in [-0.05, 0) is 62.2 Å². The van der Waals surface area contributed by atoms with Crippen LogP contribution < -0.4 is 5.32 Å². The van der Waals surface area contributed by atoms with Crippen molar-refractivity contribution in [3.63, 3.8) is 0 Å². The van der Waals surface area contributed by atoms with Crippen LogP contribution in [-0.2, 0) is 14.8 Å². The van der Waals surface area contributed by atoms with E-state index in [2.05, 4.69) is 10.3 Å². The van der Waals surface area contributed by atoms with Crippen molar-refractivity contribution < 1.29 is 22.7 Å². The number of hydrogen-bond donors (Lipinski definition) is 1. The Morgan fingerprint density at radius 3 is 2.45 bits per heavy atom. The number of nitrogens with one attached hydrogen (secondary N) is 1. The van der Waals surface area contributed by atoms with Crippen LogP contribution in [0.5, 0.6) is 0 Å². The Labute approximate surface area is 196 Å². The van der Waals surface area contributed by atoms with Gasteiger partial charge in [-0.2, -0.15) is 4.31 Å². The van der Waals surface area contributed by atoms with Crippen molar-refractivity contribution in [2.45, 2.75) is 31.1 Å². The highest BCUT2D eigenvalue weighted by Crippen LogP contribution is 2.27. The van der Waals surface area contributed by atoms with Gasteiger partial charge in [-0.15, -0.1) is 0 Å². The smallest absolute Gasteiger partial charge is 0.338 e. The molecule has 0 atom stereocenters. The fraction of sp³-hybridized carbons (Fsp3) is 0.348. The van der Waals surface area contributed by atoms with Crippen molar-refractivity contribution in [3.8, 4) is 0 Å². The number of piperidine rings is 1. The van der Waals surface area contributed by atoms with E-state index in [9.17, 15) is 18.0 Å². The molecule has 0 amide bonds. The quantitative estimate of drug-likeness (QED) is 0.379. The molecule has 3 aromatic rings. The lowest BCUT2D eigenvalue weighted by molar-refractivity contribution is 0.0526. The van der Waals surface area contributed by atoms with Crippen molar-refractivity contribution >= 4 is 48.5 Å². The van der Waals surface area contributed by atoms with Gasteiger partial charge in [0.1, 0.15) is 0 Å². The van der Waals surface area contributed by atoms with Crippen LogP contribution in [0, 0.1) is 0 Å². The lowest BCUT2D eigenvalue weighted by Gasteiger charge is -2.25. The molecule has 0 bridgehead atoms. The molecule has 0 spiro atoms. The second-order valence-electron chi connectivity index (χ2n) is 7.69. The lowest BCUT2D eigenvalue weighted by atomic mass is 10.1. The topological polar surface area (TPSA) is 106 Å². The van der Waals surface area contributed by atoms with Crippen molar-refractivity contribution in [1.82, 2.24) is 9.29 Å².